The van der Waals surface area contributed by atoms with Gasteiger partial charge >= 0.3 is 0 Å². The molecule has 0 saturated carbocycles. The van der Waals surface area contributed by atoms with Gasteiger partial charge in [-0.25, -0.2) is 4.98 Å². The summed E-state index contributed by atoms with van der Waals surface area (Å²) in [6.07, 6.45) is 0. The highest BCUT2D eigenvalue weighted by molar-refractivity contribution is 7.15. The molecule has 0 fully saturated rings. The average molecular weight is 279 g/mol. The van der Waals surface area contributed by atoms with Crippen LogP contribution in [0.1, 0.15) is 17.5 Å². The van der Waals surface area contributed by atoms with Crippen molar-refractivity contribution in [3.63, 3.8) is 0 Å². The largest absolute Gasteiger partial charge is 0.493 e. The highest BCUT2D eigenvalue weighted by atomic mass is 32.1. The summed E-state index contributed by atoms with van der Waals surface area (Å²) in [5.41, 5.74) is 1.84. The molecule has 0 amide bonds. The molecule has 102 valence electrons. The van der Waals surface area contributed by atoms with Crippen LogP contribution < -0.4 is 9.47 Å². The van der Waals surface area contributed by atoms with Crippen LogP contribution in [0, 0.1) is 6.92 Å². The molecule has 1 aromatic carbocycles. The summed E-state index contributed by atoms with van der Waals surface area (Å²) in [6, 6.07) is 5.74. The number of aliphatic hydroxyl groups is 1. The fourth-order valence-corrected chi connectivity index (χ4v) is 2.69. The van der Waals surface area contributed by atoms with E-state index < -0.39 is 0 Å². The summed E-state index contributed by atoms with van der Waals surface area (Å²) in [5, 5.41) is 10.1. The third kappa shape index (κ3) is 2.88. The second-order valence-electron chi connectivity index (χ2n) is 3.98. The lowest BCUT2D eigenvalue weighted by Gasteiger charge is -2.09. The Morgan fingerprint density at radius 2 is 2.11 bits per heavy atom. The van der Waals surface area contributed by atoms with Crippen LogP contribution in [0.25, 0.3) is 10.6 Å². The maximum absolute atomic E-state index is 9.22. The lowest BCUT2D eigenvalue weighted by molar-refractivity contribution is 0.284. The number of nitrogens with zero attached hydrogens (tertiary/aromatic N) is 1. The maximum Gasteiger partial charge on any atom is 0.161 e. The first-order chi connectivity index (χ1) is 9.19. The van der Waals surface area contributed by atoms with Gasteiger partial charge in [-0.2, -0.15) is 0 Å². The molecule has 0 spiro atoms. The Bertz CT molecular complexity index is 566. The van der Waals surface area contributed by atoms with Crippen molar-refractivity contribution in [2.24, 2.45) is 0 Å². The molecule has 1 heterocycles. The summed E-state index contributed by atoms with van der Waals surface area (Å²) < 4.78 is 10.8. The van der Waals surface area contributed by atoms with E-state index in [1.165, 1.54) is 11.3 Å². The zero-order valence-corrected chi connectivity index (χ0v) is 12.1. The van der Waals surface area contributed by atoms with E-state index in [2.05, 4.69) is 4.98 Å². The number of ether oxygens (including phenoxy) is 2. The van der Waals surface area contributed by atoms with Crippen molar-refractivity contribution in [1.29, 1.82) is 0 Å². The maximum atomic E-state index is 9.22. The van der Waals surface area contributed by atoms with E-state index in [-0.39, 0.29) is 6.61 Å². The number of thiazole rings is 1. The fourth-order valence-electron chi connectivity index (χ4n) is 1.77. The summed E-state index contributed by atoms with van der Waals surface area (Å²) in [5.74, 6) is 1.42. The monoisotopic (exact) mass is 279 g/mol. The molecule has 4 nitrogen and oxygen atoms in total. The summed E-state index contributed by atoms with van der Waals surface area (Å²) in [4.78, 5) is 5.36. The Balaban J connectivity index is 2.39. The first-order valence-electron chi connectivity index (χ1n) is 6.08. The van der Waals surface area contributed by atoms with Gasteiger partial charge in [-0.15, -0.1) is 11.3 Å². The Morgan fingerprint density at radius 1 is 1.32 bits per heavy atom. The molecule has 1 N–H and O–H groups in total. The minimum absolute atomic E-state index is 0.0255. The number of aryl methyl sites for hydroxylation is 1. The first-order valence-corrected chi connectivity index (χ1v) is 6.89. The van der Waals surface area contributed by atoms with Gasteiger partial charge in [0.2, 0.25) is 0 Å². The Morgan fingerprint density at radius 3 is 2.68 bits per heavy atom. The van der Waals surface area contributed by atoms with Crippen molar-refractivity contribution in [1.82, 2.24) is 4.98 Å². The number of aliphatic hydroxyl groups excluding tert-OH is 1. The van der Waals surface area contributed by atoms with Gasteiger partial charge in [0.25, 0.3) is 0 Å². The summed E-state index contributed by atoms with van der Waals surface area (Å²) in [7, 11) is 1.62. The molecule has 2 aromatic rings. The Hall–Kier alpha value is -1.59. The van der Waals surface area contributed by atoms with Crippen molar-refractivity contribution in [3.05, 3.63) is 28.8 Å². The first kappa shape index (κ1) is 13.8. The van der Waals surface area contributed by atoms with E-state index in [9.17, 15) is 5.11 Å². The fraction of sp³-hybridized carbons (Fsp3) is 0.357. The van der Waals surface area contributed by atoms with Gasteiger partial charge in [0, 0.05) is 5.56 Å². The summed E-state index contributed by atoms with van der Waals surface area (Å²) in [6.45, 7) is 4.46. The number of methoxy groups -OCH3 is 1. The van der Waals surface area contributed by atoms with Gasteiger partial charge in [0.1, 0.15) is 5.01 Å². The van der Waals surface area contributed by atoms with Crippen LogP contribution in [0.3, 0.4) is 0 Å². The minimum atomic E-state index is 0.0255. The number of hydrogen-bond donors (Lipinski definition) is 1. The number of aromatic nitrogens is 1. The second kappa shape index (κ2) is 6.04. The standard InChI is InChI=1S/C14H17NO3S/c1-4-18-11-6-5-10(7-12(11)17-3)14-15-9(2)13(8-16)19-14/h5-7,16H,4,8H2,1-3H3. The van der Waals surface area contributed by atoms with E-state index in [1.54, 1.807) is 7.11 Å². The highest BCUT2D eigenvalue weighted by Crippen LogP contribution is 2.35. The predicted octanol–water partition coefficient (Wildman–Crippen LogP) is 3.02. The van der Waals surface area contributed by atoms with Gasteiger partial charge in [-0.3, -0.25) is 0 Å². The molecule has 1 aromatic heterocycles. The SMILES string of the molecule is CCOc1ccc(-c2nc(C)c(CO)s2)cc1OC. The second-order valence-corrected chi connectivity index (χ2v) is 5.07. The smallest absolute Gasteiger partial charge is 0.161 e. The molecule has 5 heteroatoms. The molecule has 0 radical (unpaired) electrons. The minimum Gasteiger partial charge on any atom is -0.493 e. The van der Waals surface area contributed by atoms with Crippen LogP contribution in [0.2, 0.25) is 0 Å². The van der Waals surface area contributed by atoms with Gasteiger partial charge in [-0.05, 0) is 32.0 Å². The van der Waals surface area contributed by atoms with Crippen molar-refractivity contribution in [2.45, 2.75) is 20.5 Å². The van der Waals surface area contributed by atoms with Crippen molar-refractivity contribution in [2.75, 3.05) is 13.7 Å². The van der Waals surface area contributed by atoms with Crippen LogP contribution in [0.5, 0.6) is 11.5 Å². The molecular weight excluding hydrogens is 262 g/mol. The van der Waals surface area contributed by atoms with Crippen LogP contribution >= 0.6 is 11.3 Å². The molecule has 2 rings (SSSR count). The van der Waals surface area contributed by atoms with Crippen molar-refractivity contribution < 1.29 is 14.6 Å². The van der Waals surface area contributed by atoms with Gasteiger partial charge in [0.15, 0.2) is 11.5 Å². The molecule has 0 unspecified atom stereocenters. The third-order valence-corrected chi connectivity index (χ3v) is 3.94. The molecule has 0 bridgehead atoms. The zero-order chi connectivity index (χ0) is 13.8. The zero-order valence-electron chi connectivity index (χ0n) is 11.3. The third-order valence-electron chi connectivity index (χ3n) is 2.75. The van der Waals surface area contributed by atoms with Crippen LogP contribution in [0.4, 0.5) is 0 Å². The van der Waals surface area contributed by atoms with Crippen LogP contribution in [0.15, 0.2) is 18.2 Å². The number of hydrogen-bond acceptors (Lipinski definition) is 5. The highest BCUT2D eigenvalue weighted by Gasteiger charge is 2.11. The van der Waals surface area contributed by atoms with Gasteiger partial charge in [-0.1, -0.05) is 0 Å². The lowest BCUT2D eigenvalue weighted by atomic mass is 10.2. The average Bonchev–Trinajstić information content (AvgIpc) is 2.80. The number of benzene rings is 1. The Labute approximate surface area is 116 Å². The topological polar surface area (TPSA) is 51.6 Å². The van der Waals surface area contributed by atoms with E-state index in [0.29, 0.717) is 12.4 Å². The molecule has 0 atom stereocenters. The van der Waals surface area contributed by atoms with Crippen LogP contribution in [-0.2, 0) is 6.61 Å². The normalized spacial score (nSPS) is 10.5. The number of rotatable bonds is 5. The van der Waals surface area contributed by atoms with E-state index >= 15 is 0 Å². The molecular formula is C14H17NO3S. The quantitative estimate of drug-likeness (QED) is 0.914. The molecule has 0 aliphatic carbocycles. The predicted molar refractivity (Wildman–Crippen MR) is 75.9 cm³/mol. The van der Waals surface area contributed by atoms with Gasteiger partial charge < -0.3 is 14.6 Å². The molecule has 0 aliphatic rings. The lowest BCUT2D eigenvalue weighted by Crippen LogP contribution is -1.95. The van der Waals surface area contributed by atoms with Crippen molar-refractivity contribution in [3.8, 4) is 22.1 Å². The molecule has 19 heavy (non-hydrogen) atoms. The molecule has 0 aliphatic heterocycles. The van der Waals surface area contributed by atoms with E-state index in [4.69, 9.17) is 9.47 Å². The molecule has 0 saturated heterocycles. The Kier molecular flexibility index (Phi) is 4.39. The van der Waals surface area contributed by atoms with Crippen LogP contribution in [-0.4, -0.2) is 23.8 Å². The van der Waals surface area contributed by atoms with E-state index in [0.717, 1.165) is 26.9 Å². The van der Waals surface area contributed by atoms with Crippen molar-refractivity contribution >= 4 is 11.3 Å². The summed E-state index contributed by atoms with van der Waals surface area (Å²) >= 11 is 1.49. The van der Waals surface area contributed by atoms with E-state index in [1.807, 2.05) is 32.0 Å². The van der Waals surface area contributed by atoms with Gasteiger partial charge in [0.05, 0.1) is 30.9 Å².